The van der Waals surface area contributed by atoms with Crippen LogP contribution in [0.1, 0.15) is 16.7 Å². The third-order valence-corrected chi connectivity index (χ3v) is 3.97. The highest BCUT2D eigenvalue weighted by atomic mass is 14.7. The average Bonchev–Trinajstić information content (AvgIpc) is 3.05. The third kappa shape index (κ3) is 1.65. The predicted octanol–water partition coefficient (Wildman–Crippen LogP) is 4.35. The van der Waals surface area contributed by atoms with E-state index in [2.05, 4.69) is 71.7 Å². The van der Waals surface area contributed by atoms with E-state index in [1.54, 1.807) is 0 Å². The zero-order valence-corrected chi connectivity index (χ0v) is 11.3. The van der Waals surface area contributed by atoms with Gasteiger partial charge in [-0.2, -0.15) is 0 Å². The highest BCUT2D eigenvalue weighted by molar-refractivity contribution is 5.88. The van der Waals surface area contributed by atoms with Crippen LogP contribution in [-0.2, 0) is 6.42 Å². The Balaban J connectivity index is 1.87. The van der Waals surface area contributed by atoms with Crippen molar-refractivity contribution in [3.05, 3.63) is 71.5 Å². The highest BCUT2D eigenvalue weighted by Crippen LogP contribution is 2.26. The molecule has 0 aliphatic carbocycles. The molecule has 2 heterocycles. The van der Waals surface area contributed by atoms with Crippen LogP contribution < -0.4 is 0 Å². The van der Waals surface area contributed by atoms with Gasteiger partial charge in [0.2, 0.25) is 0 Å². The lowest BCUT2D eigenvalue weighted by molar-refractivity contribution is 1.23. The standard InChI is InChI=1S/C18H15N2/c1-12-10-19-17-8-4-5-13(18(12)17)9-14-11-20-16-7-3-2-6-15(14)16/h2-8,11,19-20H,9H2,1H3. The first-order chi connectivity index (χ1) is 9.83. The number of aromatic amines is 2. The lowest BCUT2D eigenvalue weighted by Gasteiger charge is -2.04. The summed E-state index contributed by atoms with van der Waals surface area (Å²) in [6.45, 7) is 2.11. The molecule has 0 unspecified atom stereocenters. The molecule has 0 aliphatic rings. The predicted molar refractivity (Wildman–Crippen MR) is 83.0 cm³/mol. The Morgan fingerprint density at radius 1 is 0.950 bits per heavy atom. The number of rotatable bonds is 2. The van der Waals surface area contributed by atoms with Crippen molar-refractivity contribution in [1.29, 1.82) is 0 Å². The summed E-state index contributed by atoms with van der Waals surface area (Å²) < 4.78 is 0. The fourth-order valence-corrected chi connectivity index (χ4v) is 3.00. The van der Waals surface area contributed by atoms with Crippen LogP contribution in [0.3, 0.4) is 0 Å². The van der Waals surface area contributed by atoms with Gasteiger partial charge < -0.3 is 9.97 Å². The van der Waals surface area contributed by atoms with Gasteiger partial charge in [0, 0.05) is 34.4 Å². The number of aryl methyl sites for hydroxylation is 1. The van der Waals surface area contributed by atoms with E-state index in [0.717, 1.165) is 6.42 Å². The molecule has 2 aromatic carbocycles. The number of benzene rings is 2. The van der Waals surface area contributed by atoms with Gasteiger partial charge in [-0.15, -0.1) is 0 Å². The molecule has 20 heavy (non-hydrogen) atoms. The maximum absolute atomic E-state index is 3.35. The molecule has 2 nitrogen and oxygen atoms in total. The maximum atomic E-state index is 3.35. The molecule has 0 saturated carbocycles. The first kappa shape index (κ1) is 11.4. The Bertz CT molecular complexity index is 896. The number of hydrogen-bond acceptors (Lipinski definition) is 0. The second-order valence-corrected chi connectivity index (χ2v) is 5.25. The molecule has 0 atom stereocenters. The minimum atomic E-state index is 0.938. The number of para-hydroxylation sites is 1. The van der Waals surface area contributed by atoms with Crippen molar-refractivity contribution in [2.75, 3.05) is 0 Å². The van der Waals surface area contributed by atoms with Gasteiger partial charge in [0.25, 0.3) is 0 Å². The van der Waals surface area contributed by atoms with Crippen molar-refractivity contribution in [2.24, 2.45) is 0 Å². The Morgan fingerprint density at radius 3 is 2.75 bits per heavy atom. The molecule has 0 amide bonds. The van der Waals surface area contributed by atoms with E-state index in [-0.39, 0.29) is 0 Å². The molecule has 4 aromatic rings. The van der Waals surface area contributed by atoms with Gasteiger partial charge in [0.1, 0.15) is 0 Å². The smallest absolute Gasteiger partial charge is 0.0663 e. The van der Waals surface area contributed by atoms with E-state index in [4.69, 9.17) is 0 Å². The van der Waals surface area contributed by atoms with Crippen LogP contribution in [0.5, 0.6) is 0 Å². The molecular weight excluding hydrogens is 244 g/mol. The van der Waals surface area contributed by atoms with E-state index < -0.39 is 0 Å². The summed E-state index contributed by atoms with van der Waals surface area (Å²) in [5.74, 6) is 0. The Kier molecular flexibility index (Phi) is 2.43. The second kappa shape index (κ2) is 4.27. The number of aromatic nitrogens is 2. The number of nitrogens with one attached hydrogen (secondary N) is 2. The first-order valence-electron chi connectivity index (χ1n) is 6.86. The monoisotopic (exact) mass is 259 g/mol. The van der Waals surface area contributed by atoms with Crippen LogP contribution in [0.4, 0.5) is 0 Å². The van der Waals surface area contributed by atoms with Crippen molar-refractivity contribution in [3.8, 4) is 0 Å². The largest absolute Gasteiger partial charge is 0.361 e. The lowest BCUT2D eigenvalue weighted by atomic mass is 9.99. The number of hydrogen-bond donors (Lipinski definition) is 2. The van der Waals surface area contributed by atoms with Gasteiger partial charge in [-0.3, -0.25) is 0 Å². The molecule has 97 valence electrons. The van der Waals surface area contributed by atoms with Crippen LogP contribution in [0.25, 0.3) is 21.8 Å². The van der Waals surface area contributed by atoms with Crippen LogP contribution in [0.15, 0.2) is 48.7 Å². The molecule has 0 spiro atoms. The van der Waals surface area contributed by atoms with E-state index in [1.165, 1.54) is 38.5 Å². The van der Waals surface area contributed by atoms with Crippen molar-refractivity contribution in [2.45, 2.75) is 13.3 Å². The zero-order valence-electron chi connectivity index (χ0n) is 11.3. The van der Waals surface area contributed by atoms with E-state index in [9.17, 15) is 0 Å². The Hall–Kier alpha value is -2.48. The fourth-order valence-electron chi connectivity index (χ4n) is 3.00. The van der Waals surface area contributed by atoms with Crippen molar-refractivity contribution < 1.29 is 0 Å². The summed E-state index contributed by atoms with van der Waals surface area (Å²) in [4.78, 5) is 6.56. The van der Waals surface area contributed by atoms with Gasteiger partial charge in [0.05, 0.1) is 6.20 Å². The molecule has 0 fully saturated rings. The fraction of sp³-hybridized carbons (Fsp3) is 0.111. The number of fused-ring (bicyclic) bond motifs is 2. The summed E-state index contributed by atoms with van der Waals surface area (Å²) in [7, 11) is 0. The lowest BCUT2D eigenvalue weighted by Crippen LogP contribution is -1.88. The molecule has 2 heteroatoms. The van der Waals surface area contributed by atoms with Crippen molar-refractivity contribution in [1.82, 2.24) is 9.97 Å². The summed E-state index contributed by atoms with van der Waals surface area (Å²) in [5, 5.41) is 2.61. The minimum absolute atomic E-state index is 0.938. The summed E-state index contributed by atoms with van der Waals surface area (Å²) in [5.41, 5.74) is 6.25. The van der Waals surface area contributed by atoms with Gasteiger partial charge >= 0.3 is 0 Å². The maximum Gasteiger partial charge on any atom is 0.0663 e. The van der Waals surface area contributed by atoms with E-state index >= 15 is 0 Å². The van der Waals surface area contributed by atoms with Gasteiger partial charge in [-0.05, 0) is 35.7 Å². The molecule has 2 N–H and O–H groups in total. The van der Waals surface area contributed by atoms with E-state index in [1.807, 2.05) is 0 Å². The summed E-state index contributed by atoms with van der Waals surface area (Å²) in [6.07, 6.45) is 6.26. The Labute approximate surface area is 117 Å². The molecule has 0 aliphatic heterocycles. The van der Waals surface area contributed by atoms with E-state index in [0.29, 0.717) is 0 Å². The molecular formula is C18H15N2. The molecule has 0 bridgehead atoms. The average molecular weight is 259 g/mol. The third-order valence-electron chi connectivity index (χ3n) is 3.97. The molecule has 2 aromatic heterocycles. The zero-order chi connectivity index (χ0) is 13.5. The first-order valence-corrected chi connectivity index (χ1v) is 6.86. The quantitative estimate of drug-likeness (QED) is 0.536. The molecule has 1 radical (unpaired) electrons. The minimum Gasteiger partial charge on any atom is -0.361 e. The van der Waals surface area contributed by atoms with Gasteiger partial charge in [-0.1, -0.05) is 30.3 Å². The second-order valence-electron chi connectivity index (χ2n) is 5.25. The SMILES string of the molecule is Cc1[c][nH]c2cccc(Cc3c[nH]c4ccccc34)c12. The van der Waals surface area contributed by atoms with Crippen LogP contribution in [0, 0.1) is 13.1 Å². The normalized spacial score (nSPS) is 11.4. The molecule has 0 saturated heterocycles. The van der Waals surface area contributed by atoms with Crippen molar-refractivity contribution >= 4 is 21.8 Å². The van der Waals surface area contributed by atoms with Crippen LogP contribution >= 0.6 is 0 Å². The molecule has 4 rings (SSSR count). The van der Waals surface area contributed by atoms with Gasteiger partial charge in [-0.25, -0.2) is 0 Å². The summed E-state index contributed by atoms with van der Waals surface area (Å²) >= 11 is 0. The Morgan fingerprint density at radius 2 is 1.80 bits per heavy atom. The number of H-pyrrole nitrogens is 2. The van der Waals surface area contributed by atoms with Crippen molar-refractivity contribution in [3.63, 3.8) is 0 Å². The topological polar surface area (TPSA) is 31.6 Å². The highest BCUT2D eigenvalue weighted by Gasteiger charge is 2.09. The summed E-state index contributed by atoms with van der Waals surface area (Å²) in [6, 6.07) is 14.9. The van der Waals surface area contributed by atoms with Gasteiger partial charge in [0.15, 0.2) is 0 Å². The van der Waals surface area contributed by atoms with Crippen LogP contribution in [-0.4, -0.2) is 9.97 Å². The van der Waals surface area contributed by atoms with Crippen LogP contribution in [0.2, 0.25) is 0 Å².